The molecule has 2 aromatic carbocycles. The van der Waals surface area contributed by atoms with E-state index in [0.717, 1.165) is 15.2 Å². The van der Waals surface area contributed by atoms with Gasteiger partial charge in [-0.15, -0.1) is 11.3 Å². The molecule has 0 N–H and O–H groups in total. The van der Waals surface area contributed by atoms with Gasteiger partial charge >= 0.3 is 5.97 Å². The van der Waals surface area contributed by atoms with Crippen LogP contribution in [0.1, 0.15) is 24.2 Å². The van der Waals surface area contributed by atoms with E-state index in [1.807, 2.05) is 50.2 Å². The van der Waals surface area contributed by atoms with Crippen LogP contribution in [-0.2, 0) is 14.3 Å². The average molecular weight is 410 g/mol. The fraction of sp³-hybridized carbons (Fsp3) is 0.318. The largest absolute Gasteiger partial charge is 0.452 e. The standard InChI is InChI=1S/C22H22N2O4S/c1-14-11-24(12-15(2)28-14)20(25)13-27-22(26)17-8-4-3-7-16(17)21-23-18-9-5-6-10-19(18)29-21/h3-10,14-15H,11-13H2,1-2H3/t14-,15-/m1/s1. The molecule has 1 aromatic heterocycles. The maximum absolute atomic E-state index is 12.7. The Bertz CT molecular complexity index is 1000. The van der Waals surface area contributed by atoms with Crippen molar-refractivity contribution in [2.24, 2.45) is 0 Å². The highest BCUT2D eigenvalue weighted by atomic mass is 32.1. The van der Waals surface area contributed by atoms with E-state index >= 15 is 0 Å². The quantitative estimate of drug-likeness (QED) is 0.613. The molecule has 29 heavy (non-hydrogen) atoms. The van der Waals surface area contributed by atoms with Crippen LogP contribution in [0.5, 0.6) is 0 Å². The molecule has 2 heterocycles. The number of esters is 1. The van der Waals surface area contributed by atoms with Crippen molar-refractivity contribution >= 4 is 33.4 Å². The van der Waals surface area contributed by atoms with E-state index in [4.69, 9.17) is 9.47 Å². The van der Waals surface area contributed by atoms with Crippen LogP contribution in [0.2, 0.25) is 0 Å². The molecule has 3 aromatic rings. The molecule has 0 aliphatic carbocycles. The molecule has 4 rings (SSSR count). The van der Waals surface area contributed by atoms with Crippen LogP contribution in [-0.4, -0.2) is 53.7 Å². The summed E-state index contributed by atoms with van der Waals surface area (Å²) in [4.78, 5) is 31.5. The summed E-state index contributed by atoms with van der Waals surface area (Å²) in [6, 6.07) is 15.0. The zero-order valence-corrected chi connectivity index (χ0v) is 17.1. The summed E-state index contributed by atoms with van der Waals surface area (Å²) in [6.07, 6.45) is -0.0590. The number of carbonyl (C=O) groups excluding carboxylic acids is 2. The number of fused-ring (bicyclic) bond motifs is 1. The van der Waals surface area contributed by atoms with Crippen LogP contribution in [0.15, 0.2) is 48.5 Å². The molecule has 1 aliphatic heterocycles. The van der Waals surface area contributed by atoms with Gasteiger partial charge in [-0.25, -0.2) is 9.78 Å². The second-order valence-corrected chi connectivity index (χ2v) is 8.20. The molecule has 0 radical (unpaired) electrons. The van der Waals surface area contributed by atoms with Crippen molar-refractivity contribution in [3.8, 4) is 10.6 Å². The minimum atomic E-state index is -0.525. The number of thiazole rings is 1. The third-order valence-electron chi connectivity index (χ3n) is 4.77. The van der Waals surface area contributed by atoms with Gasteiger partial charge in [0.05, 0.1) is 28.0 Å². The fourth-order valence-electron chi connectivity index (χ4n) is 3.51. The van der Waals surface area contributed by atoms with E-state index in [-0.39, 0.29) is 24.7 Å². The number of hydrogen-bond donors (Lipinski definition) is 0. The van der Waals surface area contributed by atoms with E-state index in [9.17, 15) is 9.59 Å². The average Bonchev–Trinajstić information content (AvgIpc) is 3.15. The predicted molar refractivity (Wildman–Crippen MR) is 112 cm³/mol. The summed E-state index contributed by atoms with van der Waals surface area (Å²) < 4.78 is 12.1. The third-order valence-corrected chi connectivity index (χ3v) is 5.84. The second kappa shape index (κ2) is 8.31. The van der Waals surface area contributed by atoms with E-state index in [0.29, 0.717) is 24.2 Å². The summed E-state index contributed by atoms with van der Waals surface area (Å²) in [5.74, 6) is -0.736. The number of aromatic nitrogens is 1. The first-order chi connectivity index (χ1) is 14.0. The lowest BCUT2D eigenvalue weighted by Crippen LogP contribution is -2.49. The minimum Gasteiger partial charge on any atom is -0.452 e. The van der Waals surface area contributed by atoms with Crippen LogP contribution in [0.3, 0.4) is 0 Å². The first-order valence-corrected chi connectivity index (χ1v) is 10.4. The number of rotatable bonds is 4. The van der Waals surface area contributed by atoms with Crippen molar-refractivity contribution in [3.05, 3.63) is 54.1 Å². The maximum atomic E-state index is 12.7. The number of ether oxygens (including phenoxy) is 2. The highest BCUT2D eigenvalue weighted by Crippen LogP contribution is 2.32. The Morgan fingerprint density at radius 2 is 1.79 bits per heavy atom. The van der Waals surface area contributed by atoms with Gasteiger partial charge in [-0.3, -0.25) is 4.79 Å². The third kappa shape index (κ3) is 4.31. The Morgan fingerprint density at radius 1 is 1.10 bits per heavy atom. The van der Waals surface area contributed by atoms with Crippen molar-refractivity contribution in [1.29, 1.82) is 0 Å². The van der Waals surface area contributed by atoms with Gasteiger partial charge in [0, 0.05) is 18.7 Å². The van der Waals surface area contributed by atoms with E-state index in [1.165, 1.54) is 11.3 Å². The van der Waals surface area contributed by atoms with Gasteiger partial charge in [0.2, 0.25) is 0 Å². The molecule has 2 atom stereocenters. The lowest BCUT2D eigenvalue weighted by atomic mass is 10.1. The number of amides is 1. The minimum absolute atomic E-state index is 0.0295. The van der Waals surface area contributed by atoms with Gasteiger partial charge in [-0.2, -0.15) is 0 Å². The molecule has 1 aliphatic rings. The van der Waals surface area contributed by atoms with Crippen molar-refractivity contribution in [1.82, 2.24) is 9.88 Å². The maximum Gasteiger partial charge on any atom is 0.339 e. The monoisotopic (exact) mass is 410 g/mol. The Labute approximate surface area is 173 Å². The van der Waals surface area contributed by atoms with Gasteiger partial charge in [-0.05, 0) is 32.0 Å². The molecule has 6 nitrogen and oxygen atoms in total. The van der Waals surface area contributed by atoms with Gasteiger partial charge < -0.3 is 14.4 Å². The Kier molecular flexibility index (Phi) is 5.60. The first-order valence-electron chi connectivity index (χ1n) is 9.56. The smallest absolute Gasteiger partial charge is 0.339 e. The SMILES string of the molecule is C[C@@H]1CN(C(=O)COC(=O)c2ccccc2-c2nc3ccccc3s2)C[C@@H](C)O1. The van der Waals surface area contributed by atoms with Crippen LogP contribution in [0, 0.1) is 0 Å². The summed E-state index contributed by atoms with van der Waals surface area (Å²) in [5, 5.41) is 0.751. The van der Waals surface area contributed by atoms with Crippen LogP contribution >= 0.6 is 11.3 Å². The summed E-state index contributed by atoms with van der Waals surface area (Å²) >= 11 is 1.52. The van der Waals surface area contributed by atoms with Gasteiger partial charge in [0.1, 0.15) is 5.01 Å². The fourth-order valence-corrected chi connectivity index (χ4v) is 4.52. The number of nitrogens with zero attached hydrogens (tertiary/aromatic N) is 2. The van der Waals surface area contributed by atoms with Crippen LogP contribution < -0.4 is 0 Å². The molecule has 1 amide bonds. The van der Waals surface area contributed by atoms with E-state index in [2.05, 4.69) is 4.98 Å². The van der Waals surface area contributed by atoms with Crippen molar-refractivity contribution in [2.45, 2.75) is 26.1 Å². The molecular formula is C22H22N2O4S. The van der Waals surface area contributed by atoms with Crippen LogP contribution in [0.4, 0.5) is 0 Å². The molecule has 7 heteroatoms. The number of morpholine rings is 1. The first kappa shape index (κ1) is 19.5. The highest BCUT2D eigenvalue weighted by Gasteiger charge is 2.27. The topological polar surface area (TPSA) is 68.7 Å². The van der Waals surface area contributed by atoms with Gasteiger partial charge in [0.25, 0.3) is 5.91 Å². The normalized spacial score (nSPS) is 19.3. The lowest BCUT2D eigenvalue weighted by molar-refractivity contribution is -0.146. The highest BCUT2D eigenvalue weighted by molar-refractivity contribution is 7.21. The van der Waals surface area contributed by atoms with E-state index in [1.54, 1.807) is 17.0 Å². The number of hydrogen-bond acceptors (Lipinski definition) is 6. The molecule has 0 unspecified atom stereocenters. The molecule has 0 saturated carbocycles. The van der Waals surface area contributed by atoms with Crippen LogP contribution in [0.25, 0.3) is 20.8 Å². The summed E-state index contributed by atoms with van der Waals surface area (Å²) in [7, 11) is 0. The summed E-state index contributed by atoms with van der Waals surface area (Å²) in [5.41, 5.74) is 2.00. The molecular weight excluding hydrogens is 388 g/mol. The van der Waals surface area contributed by atoms with Gasteiger partial charge in [0.15, 0.2) is 6.61 Å². The molecule has 1 saturated heterocycles. The van der Waals surface area contributed by atoms with Crippen molar-refractivity contribution in [3.63, 3.8) is 0 Å². The molecule has 0 spiro atoms. The number of benzene rings is 2. The second-order valence-electron chi connectivity index (χ2n) is 7.16. The Hall–Kier alpha value is -2.77. The predicted octanol–water partition coefficient (Wildman–Crippen LogP) is 3.76. The molecule has 1 fully saturated rings. The lowest BCUT2D eigenvalue weighted by Gasteiger charge is -2.35. The number of para-hydroxylation sites is 1. The van der Waals surface area contributed by atoms with E-state index < -0.39 is 5.97 Å². The van der Waals surface area contributed by atoms with Crippen molar-refractivity contribution in [2.75, 3.05) is 19.7 Å². The number of carbonyl (C=O) groups is 2. The van der Waals surface area contributed by atoms with Crippen molar-refractivity contribution < 1.29 is 19.1 Å². The molecule has 150 valence electrons. The molecule has 0 bridgehead atoms. The van der Waals surface area contributed by atoms with Gasteiger partial charge in [-0.1, -0.05) is 30.3 Å². The zero-order chi connectivity index (χ0) is 20.4. The Morgan fingerprint density at radius 3 is 2.55 bits per heavy atom. The summed E-state index contributed by atoms with van der Waals surface area (Å²) in [6.45, 7) is 4.57. The Balaban J connectivity index is 1.49. The zero-order valence-electron chi connectivity index (χ0n) is 16.3.